The van der Waals surface area contributed by atoms with E-state index in [0.29, 0.717) is 39.4 Å². The van der Waals surface area contributed by atoms with Crippen LogP contribution >= 0.6 is 11.3 Å². The number of urea groups is 1. The number of carbonyl (C=O) groups is 1. The highest BCUT2D eigenvalue weighted by Crippen LogP contribution is 2.16. The average molecular weight is 293 g/mol. The monoisotopic (exact) mass is 293 g/mol. The molecule has 0 aromatic carbocycles. The van der Waals surface area contributed by atoms with E-state index >= 15 is 0 Å². The van der Waals surface area contributed by atoms with Gasteiger partial charge in [-0.1, -0.05) is 11.8 Å². The molecule has 0 aliphatic carbocycles. The van der Waals surface area contributed by atoms with Gasteiger partial charge in [-0.15, -0.1) is 11.3 Å². The summed E-state index contributed by atoms with van der Waals surface area (Å²) >= 11 is 1.61. The van der Waals surface area contributed by atoms with Crippen LogP contribution in [-0.4, -0.2) is 55.7 Å². The van der Waals surface area contributed by atoms with Crippen molar-refractivity contribution in [3.05, 3.63) is 21.9 Å². The lowest BCUT2D eigenvalue weighted by Crippen LogP contribution is -2.46. The van der Waals surface area contributed by atoms with Crippen molar-refractivity contribution < 1.29 is 9.53 Å². The number of hydrogen-bond donors (Lipinski definition) is 1. The number of thiophene rings is 1. The molecule has 0 atom stereocenters. The Balaban J connectivity index is 1.91. The average Bonchev–Trinajstić information content (AvgIpc) is 2.92. The van der Waals surface area contributed by atoms with E-state index in [2.05, 4.69) is 11.8 Å². The SMILES string of the molecule is CN(Cc1cc(C#CCN)cs1)C(=O)N1CCOCC1. The third kappa shape index (κ3) is 3.97. The first-order valence-electron chi connectivity index (χ1n) is 6.55. The van der Waals surface area contributed by atoms with Gasteiger partial charge in [-0.2, -0.15) is 0 Å². The molecule has 6 heteroatoms. The van der Waals surface area contributed by atoms with Crippen LogP contribution in [0.5, 0.6) is 0 Å². The van der Waals surface area contributed by atoms with Crippen LogP contribution in [0.3, 0.4) is 0 Å². The van der Waals surface area contributed by atoms with Crippen molar-refractivity contribution >= 4 is 17.4 Å². The summed E-state index contributed by atoms with van der Waals surface area (Å²) in [6.45, 7) is 3.54. The number of rotatable bonds is 2. The van der Waals surface area contributed by atoms with E-state index in [9.17, 15) is 4.79 Å². The predicted molar refractivity (Wildman–Crippen MR) is 79.5 cm³/mol. The van der Waals surface area contributed by atoms with Gasteiger partial charge in [-0.3, -0.25) is 0 Å². The molecule has 2 amide bonds. The summed E-state index contributed by atoms with van der Waals surface area (Å²) in [6.07, 6.45) is 0. The Morgan fingerprint density at radius 2 is 2.30 bits per heavy atom. The summed E-state index contributed by atoms with van der Waals surface area (Å²) < 4.78 is 5.25. The number of amides is 2. The van der Waals surface area contributed by atoms with Crippen LogP contribution in [0.25, 0.3) is 0 Å². The molecule has 5 nitrogen and oxygen atoms in total. The second kappa shape index (κ2) is 7.29. The second-order valence-electron chi connectivity index (χ2n) is 4.55. The van der Waals surface area contributed by atoms with Gasteiger partial charge in [-0.25, -0.2) is 4.79 Å². The predicted octanol–water partition coefficient (Wildman–Crippen LogP) is 0.942. The zero-order chi connectivity index (χ0) is 14.4. The molecule has 1 saturated heterocycles. The van der Waals surface area contributed by atoms with Gasteiger partial charge in [0, 0.05) is 36.0 Å². The summed E-state index contributed by atoms with van der Waals surface area (Å²) in [5.41, 5.74) is 6.31. The van der Waals surface area contributed by atoms with Gasteiger partial charge in [0.2, 0.25) is 0 Å². The van der Waals surface area contributed by atoms with E-state index in [-0.39, 0.29) is 6.03 Å². The highest BCUT2D eigenvalue weighted by atomic mass is 32.1. The topological polar surface area (TPSA) is 58.8 Å². The van der Waals surface area contributed by atoms with Crippen LogP contribution in [0.1, 0.15) is 10.4 Å². The van der Waals surface area contributed by atoms with Crippen LogP contribution in [0, 0.1) is 11.8 Å². The fourth-order valence-electron chi connectivity index (χ4n) is 1.98. The molecule has 0 spiro atoms. The molecule has 0 radical (unpaired) electrons. The number of hydrogen-bond acceptors (Lipinski definition) is 4. The Kier molecular flexibility index (Phi) is 5.41. The van der Waals surface area contributed by atoms with Crippen molar-refractivity contribution in [1.29, 1.82) is 0 Å². The van der Waals surface area contributed by atoms with E-state index in [1.165, 1.54) is 0 Å². The number of nitrogens with zero attached hydrogens (tertiary/aromatic N) is 2. The first-order valence-corrected chi connectivity index (χ1v) is 7.43. The molecule has 1 aliphatic rings. The maximum Gasteiger partial charge on any atom is 0.320 e. The molecule has 0 bridgehead atoms. The van der Waals surface area contributed by atoms with Gasteiger partial charge in [-0.05, 0) is 6.07 Å². The van der Waals surface area contributed by atoms with E-state index in [0.717, 1.165) is 10.4 Å². The van der Waals surface area contributed by atoms with Crippen LogP contribution in [0.2, 0.25) is 0 Å². The molecular formula is C14H19N3O2S. The lowest BCUT2D eigenvalue weighted by molar-refractivity contribution is 0.0448. The molecule has 1 aliphatic heterocycles. The number of carbonyl (C=O) groups excluding carboxylic acids is 1. The Labute approximate surface area is 123 Å². The fourth-order valence-corrected chi connectivity index (χ4v) is 2.85. The maximum absolute atomic E-state index is 12.2. The zero-order valence-electron chi connectivity index (χ0n) is 11.6. The van der Waals surface area contributed by atoms with E-state index in [1.807, 2.05) is 23.4 Å². The van der Waals surface area contributed by atoms with Crippen molar-refractivity contribution in [1.82, 2.24) is 9.80 Å². The van der Waals surface area contributed by atoms with Crippen molar-refractivity contribution in [2.24, 2.45) is 5.73 Å². The van der Waals surface area contributed by atoms with E-state index in [4.69, 9.17) is 10.5 Å². The lowest BCUT2D eigenvalue weighted by atomic mass is 10.3. The summed E-state index contributed by atoms with van der Waals surface area (Å²) in [7, 11) is 1.82. The Morgan fingerprint density at radius 3 is 3.00 bits per heavy atom. The Bertz CT molecular complexity index is 512. The lowest BCUT2D eigenvalue weighted by Gasteiger charge is -2.30. The van der Waals surface area contributed by atoms with Crippen LogP contribution < -0.4 is 5.73 Å². The summed E-state index contributed by atoms with van der Waals surface area (Å²) in [5.74, 6) is 5.82. The van der Waals surface area contributed by atoms with Gasteiger partial charge in [0.25, 0.3) is 0 Å². The molecular weight excluding hydrogens is 274 g/mol. The first kappa shape index (κ1) is 14.9. The molecule has 2 N–H and O–H groups in total. The molecule has 0 saturated carbocycles. The third-order valence-electron chi connectivity index (χ3n) is 2.99. The minimum atomic E-state index is 0.0521. The van der Waals surface area contributed by atoms with E-state index < -0.39 is 0 Å². The number of morpholine rings is 1. The summed E-state index contributed by atoms with van der Waals surface area (Å²) in [5, 5.41) is 1.99. The molecule has 2 rings (SSSR count). The molecule has 2 heterocycles. The van der Waals surface area contributed by atoms with Gasteiger partial charge in [0.1, 0.15) is 0 Å². The maximum atomic E-state index is 12.2. The van der Waals surface area contributed by atoms with Gasteiger partial charge < -0.3 is 20.3 Å². The molecule has 1 fully saturated rings. The van der Waals surface area contributed by atoms with Crippen molar-refractivity contribution in [2.45, 2.75) is 6.54 Å². The molecule has 108 valence electrons. The Hall–Kier alpha value is -1.55. The highest BCUT2D eigenvalue weighted by Gasteiger charge is 2.20. The van der Waals surface area contributed by atoms with Crippen molar-refractivity contribution in [3.8, 4) is 11.8 Å². The largest absolute Gasteiger partial charge is 0.378 e. The van der Waals surface area contributed by atoms with Crippen LogP contribution in [-0.2, 0) is 11.3 Å². The summed E-state index contributed by atoms with van der Waals surface area (Å²) in [4.78, 5) is 16.9. The number of ether oxygens (including phenoxy) is 1. The van der Waals surface area contributed by atoms with Crippen LogP contribution in [0.4, 0.5) is 4.79 Å². The smallest absolute Gasteiger partial charge is 0.320 e. The molecule has 20 heavy (non-hydrogen) atoms. The van der Waals surface area contributed by atoms with Crippen molar-refractivity contribution in [2.75, 3.05) is 39.9 Å². The molecule has 1 aromatic rings. The molecule has 1 aromatic heterocycles. The minimum Gasteiger partial charge on any atom is -0.378 e. The van der Waals surface area contributed by atoms with Gasteiger partial charge >= 0.3 is 6.03 Å². The minimum absolute atomic E-state index is 0.0521. The quantitative estimate of drug-likeness (QED) is 0.826. The first-order chi connectivity index (χ1) is 9.70. The molecule has 0 unspecified atom stereocenters. The van der Waals surface area contributed by atoms with Gasteiger partial charge in [0.15, 0.2) is 0 Å². The zero-order valence-corrected chi connectivity index (χ0v) is 12.4. The Morgan fingerprint density at radius 1 is 1.55 bits per heavy atom. The third-order valence-corrected chi connectivity index (χ3v) is 3.91. The highest BCUT2D eigenvalue weighted by molar-refractivity contribution is 7.10. The van der Waals surface area contributed by atoms with Crippen LogP contribution in [0.15, 0.2) is 11.4 Å². The second-order valence-corrected chi connectivity index (χ2v) is 5.54. The number of nitrogens with two attached hydrogens (primary N) is 1. The summed E-state index contributed by atoms with van der Waals surface area (Å²) in [6, 6.07) is 2.06. The standard InChI is InChI=1S/C14H19N3O2S/c1-16(14(18)17-5-7-19-8-6-17)10-13-9-12(11-20-13)3-2-4-15/h9,11H,4-8,10,15H2,1H3. The van der Waals surface area contributed by atoms with Gasteiger partial charge in [0.05, 0.1) is 26.3 Å². The fraction of sp³-hybridized carbons (Fsp3) is 0.500. The van der Waals surface area contributed by atoms with E-state index in [1.54, 1.807) is 16.2 Å². The van der Waals surface area contributed by atoms with Crippen molar-refractivity contribution in [3.63, 3.8) is 0 Å². The normalized spacial score (nSPS) is 14.6.